The Kier molecular flexibility index (Phi) is 4.86. The normalized spacial score (nSPS) is 15.3. The molecule has 0 saturated carbocycles. The lowest BCUT2D eigenvalue weighted by atomic mass is 10.1. The van der Waals surface area contributed by atoms with Gasteiger partial charge in [-0.05, 0) is 49.4 Å². The Morgan fingerprint density at radius 1 is 1.11 bits per heavy atom. The molecule has 5 heteroatoms. The van der Waals surface area contributed by atoms with Crippen molar-refractivity contribution in [3.05, 3.63) is 59.8 Å². The van der Waals surface area contributed by atoms with Crippen LogP contribution in [0.15, 0.2) is 48.7 Å². The van der Waals surface area contributed by atoms with Crippen LogP contribution in [0.25, 0.3) is 10.9 Å². The highest BCUT2D eigenvalue weighted by Gasteiger charge is 2.15. The molecule has 0 unspecified atom stereocenters. The number of nitrogens with zero attached hydrogens (tertiary/aromatic N) is 2. The van der Waals surface area contributed by atoms with Gasteiger partial charge in [-0.2, -0.15) is 0 Å². The predicted molar refractivity (Wildman–Crippen MR) is 112 cm³/mol. The maximum Gasteiger partial charge on any atom is 0.228 e. The zero-order valence-electron chi connectivity index (χ0n) is 16.0. The monoisotopic (exact) mass is 362 g/mol. The maximum absolute atomic E-state index is 12.6. The Balaban J connectivity index is 1.43. The molecule has 140 valence electrons. The first-order chi connectivity index (χ1) is 13.1. The van der Waals surface area contributed by atoms with Crippen molar-refractivity contribution in [3.63, 3.8) is 0 Å². The minimum atomic E-state index is 0.00944. The van der Waals surface area contributed by atoms with Gasteiger partial charge in [-0.3, -0.25) is 4.79 Å². The van der Waals surface area contributed by atoms with Gasteiger partial charge in [-0.25, -0.2) is 0 Å². The zero-order chi connectivity index (χ0) is 18.8. The molecule has 0 atom stereocenters. The van der Waals surface area contributed by atoms with E-state index in [9.17, 15) is 4.79 Å². The molecule has 3 aromatic rings. The van der Waals surface area contributed by atoms with E-state index in [0.29, 0.717) is 6.42 Å². The molecule has 0 bridgehead atoms. The number of benzene rings is 2. The zero-order valence-corrected chi connectivity index (χ0v) is 16.0. The summed E-state index contributed by atoms with van der Waals surface area (Å²) >= 11 is 0. The molecule has 0 aliphatic carbocycles. The molecule has 1 aromatic heterocycles. The lowest BCUT2D eigenvalue weighted by Crippen LogP contribution is -2.44. The molecule has 0 spiro atoms. The fourth-order valence-electron chi connectivity index (χ4n) is 3.69. The number of carbonyl (C=O) groups excluding carboxylic acids is 1. The smallest absolute Gasteiger partial charge is 0.228 e. The molecule has 2 heterocycles. The molecule has 27 heavy (non-hydrogen) atoms. The van der Waals surface area contributed by atoms with Crippen LogP contribution in [0, 0.1) is 6.92 Å². The van der Waals surface area contributed by atoms with Crippen LogP contribution in [0.3, 0.4) is 0 Å². The van der Waals surface area contributed by atoms with Gasteiger partial charge >= 0.3 is 0 Å². The van der Waals surface area contributed by atoms with E-state index in [0.717, 1.165) is 53.9 Å². The third kappa shape index (κ3) is 3.83. The van der Waals surface area contributed by atoms with E-state index in [1.165, 1.54) is 5.69 Å². The summed E-state index contributed by atoms with van der Waals surface area (Å²) in [7, 11) is 2.16. The number of fused-ring (bicyclic) bond motifs is 1. The molecule has 1 amide bonds. The Morgan fingerprint density at radius 2 is 1.89 bits per heavy atom. The number of nitrogens with one attached hydrogen (secondary N) is 2. The Bertz CT molecular complexity index is 954. The average Bonchev–Trinajstić information content (AvgIpc) is 3.07. The van der Waals surface area contributed by atoms with E-state index in [1.807, 2.05) is 36.5 Å². The largest absolute Gasteiger partial charge is 0.369 e. The standard InChI is InChI=1S/C22H26N4O/c1-16-13-18(26-11-9-25(2)10-12-26)7-8-20(16)24-22(27)14-17-15-23-21-6-4-3-5-19(17)21/h3-8,13,15,23H,9-12,14H2,1-2H3,(H,24,27). The second kappa shape index (κ2) is 7.45. The third-order valence-corrected chi connectivity index (χ3v) is 5.38. The van der Waals surface area contributed by atoms with Gasteiger partial charge in [0.05, 0.1) is 6.42 Å². The average molecular weight is 362 g/mol. The van der Waals surface area contributed by atoms with Gasteiger partial charge in [-0.15, -0.1) is 0 Å². The molecule has 5 nitrogen and oxygen atoms in total. The first-order valence-electron chi connectivity index (χ1n) is 9.49. The highest BCUT2D eigenvalue weighted by molar-refractivity contribution is 5.96. The summed E-state index contributed by atoms with van der Waals surface area (Å²) in [5, 5.41) is 4.18. The first kappa shape index (κ1) is 17.6. The lowest BCUT2D eigenvalue weighted by molar-refractivity contribution is -0.115. The molecule has 1 fully saturated rings. The number of amides is 1. The maximum atomic E-state index is 12.6. The van der Waals surface area contributed by atoms with Gasteiger partial charge in [0.2, 0.25) is 5.91 Å². The quantitative estimate of drug-likeness (QED) is 0.748. The lowest BCUT2D eigenvalue weighted by Gasteiger charge is -2.34. The molecule has 1 aliphatic heterocycles. The molecule has 1 saturated heterocycles. The fourth-order valence-corrected chi connectivity index (χ4v) is 3.69. The van der Waals surface area contributed by atoms with Crippen molar-refractivity contribution in [1.82, 2.24) is 9.88 Å². The second-order valence-electron chi connectivity index (χ2n) is 7.37. The fraction of sp³-hybridized carbons (Fsp3) is 0.318. The Morgan fingerprint density at radius 3 is 2.67 bits per heavy atom. The number of aromatic amines is 1. The van der Waals surface area contributed by atoms with Gasteiger partial charge in [0.15, 0.2) is 0 Å². The first-order valence-corrected chi connectivity index (χ1v) is 9.49. The van der Waals surface area contributed by atoms with Crippen LogP contribution in [0.1, 0.15) is 11.1 Å². The van der Waals surface area contributed by atoms with E-state index in [-0.39, 0.29) is 5.91 Å². The summed E-state index contributed by atoms with van der Waals surface area (Å²) in [5.41, 5.74) is 5.30. The van der Waals surface area contributed by atoms with E-state index in [4.69, 9.17) is 0 Å². The highest BCUT2D eigenvalue weighted by Crippen LogP contribution is 2.24. The summed E-state index contributed by atoms with van der Waals surface area (Å²) in [6.45, 7) is 6.32. The summed E-state index contributed by atoms with van der Waals surface area (Å²) in [5.74, 6) is 0.00944. The summed E-state index contributed by atoms with van der Waals surface area (Å²) in [6, 6.07) is 14.4. The van der Waals surface area contributed by atoms with Crippen LogP contribution in [-0.4, -0.2) is 49.0 Å². The molecular formula is C22H26N4O. The van der Waals surface area contributed by atoms with Crippen molar-refractivity contribution in [1.29, 1.82) is 0 Å². The van der Waals surface area contributed by atoms with Crippen molar-refractivity contribution in [2.45, 2.75) is 13.3 Å². The van der Waals surface area contributed by atoms with Gasteiger partial charge in [0.1, 0.15) is 0 Å². The van der Waals surface area contributed by atoms with Gasteiger partial charge in [0, 0.05) is 54.7 Å². The van der Waals surface area contributed by atoms with E-state index in [2.05, 4.69) is 46.2 Å². The molecular weight excluding hydrogens is 336 g/mol. The van der Waals surface area contributed by atoms with Crippen LogP contribution in [0.4, 0.5) is 11.4 Å². The van der Waals surface area contributed by atoms with Crippen molar-refractivity contribution >= 4 is 28.2 Å². The number of carbonyl (C=O) groups is 1. The number of rotatable bonds is 4. The van der Waals surface area contributed by atoms with Crippen LogP contribution in [0.5, 0.6) is 0 Å². The number of hydrogen-bond donors (Lipinski definition) is 2. The number of aromatic nitrogens is 1. The van der Waals surface area contributed by atoms with E-state index >= 15 is 0 Å². The number of hydrogen-bond acceptors (Lipinski definition) is 3. The minimum Gasteiger partial charge on any atom is -0.369 e. The van der Waals surface area contributed by atoms with Crippen molar-refractivity contribution < 1.29 is 4.79 Å². The van der Waals surface area contributed by atoms with Crippen molar-refractivity contribution in [2.75, 3.05) is 43.4 Å². The van der Waals surface area contributed by atoms with Crippen LogP contribution < -0.4 is 10.2 Å². The molecule has 1 aliphatic rings. The number of aryl methyl sites for hydroxylation is 1. The van der Waals surface area contributed by atoms with Crippen LogP contribution in [0.2, 0.25) is 0 Å². The Hall–Kier alpha value is -2.79. The predicted octanol–water partition coefficient (Wildman–Crippen LogP) is 3.41. The van der Waals surface area contributed by atoms with Crippen LogP contribution in [-0.2, 0) is 11.2 Å². The second-order valence-corrected chi connectivity index (χ2v) is 7.37. The summed E-state index contributed by atoms with van der Waals surface area (Å²) < 4.78 is 0. The number of para-hydroxylation sites is 1. The number of piperazine rings is 1. The van der Waals surface area contributed by atoms with Crippen molar-refractivity contribution in [2.24, 2.45) is 0 Å². The van der Waals surface area contributed by atoms with E-state index < -0.39 is 0 Å². The van der Waals surface area contributed by atoms with Gasteiger partial charge in [-0.1, -0.05) is 18.2 Å². The number of anilines is 2. The number of likely N-dealkylation sites (N-methyl/N-ethyl adjacent to an activating group) is 1. The third-order valence-electron chi connectivity index (χ3n) is 5.38. The van der Waals surface area contributed by atoms with Crippen molar-refractivity contribution in [3.8, 4) is 0 Å². The SMILES string of the molecule is Cc1cc(N2CCN(C)CC2)ccc1NC(=O)Cc1c[nH]c2ccccc12. The molecule has 0 radical (unpaired) electrons. The van der Waals surface area contributed by atoms with Gasteiger partial charge < -0.3 is 20.1 Å². The highest BCUT2D eigenvalue weighted by atomic mass is 16.1. The molecule has 2 aromatic carbocycles. The summed E-state index contributed by atoms with van der Waals surface area (Å²) in [4.78, 5) is 20.5. The number of H-pyrrole nitrogens is 1. The molecule has 4 rings (SSSR count). The summed E-state index contributed by atoms with van der Waals surface area (Å²) in [6.07, 6.45) is 2.29. The molecule has 2 N–H and O–H groups in total. The van der Waals surface area contributed by atoms with E-state index in [1.54, 1.807) is 0 Å². The topological polar surface area (TPSA) is 51.4 Å². The minimum absolute atomic E-state index is 0.00944. The van der Waals surface area contributed by atoms with Gasteiger partial charge in [0.25, 0.3) is 0 Å². The Labute approximate surface area is 160 Å². The van der Waals surface area contributed by atoms with Crippen LogP contribution >= 0.6 is 0 Å².